The molecule has 0 radical (unpaired) electrons. The maximum Gasteiger partial charge on any atom is 0.325 e. The van der Waals surface area contributed by atoms with Gasteiger partial charge in [-0.3, -0.25) is 18.9 Å². The zero-order valence-corrected chi connectivity index (χ0v) is 15.0. The molecule has 1 aliphatic heterocycles. The predicted molar refractivity (Wildman–Crippen MR) is 97.0 cm³/mol. The number of benzene rings is 1. The Hall–Kier alpha value is -3.00. The molecule has 1 aliphatic rings. The number of carbonyl (C=O) groups excluding carboxylic acids is 2. The van der Waals surface area contributed by atoms with E-state index < -0.39 is 11.6 Å². The third kappa shape index (κ3) is 2.50. The lowest BCUT2D eigenvalue weighted by Gasteiger charge is -2.22. The lowest BCUT2D eigenvalue weighted by molar-refractivity contribution is -0.131. The van der Waals surface area contributed by atoms with Crippen LogP contribution in [0.1, 0.15) is 23.7 Å². The highest BCUT2D eigenvalue weighted by Gasteiger charge is 2.49. The van der Waals surface area contributed by atoms with E-state index in [0.717, 1.165) is 10.5 Å². The number of hydrogen-bond acceptors (Lipinski definition) is 5. The first-order valence-electron chi connectivity index (χ1n) is 8.05. The zero-order valence-electron chi connectivity index (χ0n) is 14.2. The molecule has 26 heavy (non-hydrogen) atoms. The van der Waals surface area contributed by atoms with Gasteiger partial charge in [-0.25, -0.2) is 9.78 Å². The second-order valence-electron chi connectivity index (χ2n) is 6.45. The highest BCUT2D eigenvalue weighted by molar-refractivity contribution is 7.15. The lowest BCUT2D eigenvalue weighted by atomic mass is 9.91. The summed E-state index contributed by atoms with van der Waals surface area (Å²) in [6, 6.07) is 8.32. The van der Waals surface area contributed by atoms with Gasteiger partial charge in [0, 0.05) is 17.6 Å². The molecule has 1 atom stereocenters. The average molecular weight is 368 g/mol. The zero-order chi connectivity index (χ0) is 18.5. The van der Waals surface area contributed by atoms with Crippen molar-refractivity contribution in [1.82, 2.24) is 19.6 Å². The fourth-order valence-corrected chi connectivity index (χ4v) is 3.79. The second-order valence-corrected chi connectivity index (χ2v) is 7.33. The van der Waals surface area contributed by atoms with E-state index in [-0.39, 0.29) is 18.0 Å². The average Bonchev–Trinajstić information content (AvgIpc) is 3.15. The van der Waals surface area contributed by atoms with Crippen LogP contribution in [-0.4, -0.2) is 26.2 Å². The van der Waals surface area contributed by atoms with Gasteiger partial charge in [-0.05, 0) is 19.4 Å². The number of imide groups is 1. The Morgan fingerprint density at radius 2 is 1.92 bits per heavy atom. The number of aromatic nitrogens is 2. The summed E-state index contributed by atoms with van der Waals surface area (Å²) in [6.07, 6.45) is 1.64. The Labute approximate surface area is 152 Å². The minimum absolute atomic E-state index is 0.0459. The number of nitrogens with one attached hydrogen (secondary N) is 1. The molecule has 0 spiro atoms. The van der Waals surface area contributed by atoms with Crippen LogP contribution < -0.4 is 10.9 Å². The smallest absolute Gasteiger partial charge is 0.319 e. The van der Waals surface area contributed by atoms with Gasteiger partial charge in [0.15, 0.2) is 4.96 Å². The van der Waals surface area contributed by atoms with E-state index in [0.29, 0.717) is 16.2 Å². The fraction of sp³-hybridized carbons (Fsp3) is 0.222. The van der Waals surface area contributed by atoms with Gasteiger partial charge in [-0.1, -0.05) is 29.8 Å². The fourth-order valence-electron chi connectivity index (χ4n) is 3.05. The quantitative estimate of drug-likeness (QED) is 0.717. The van der Waals surface area contributed by atoms with Gasteiger partial charge in [-0.2, -0.15) is 0 Å². The molecular weight excluding hydrogens is 352 g/mol. The summed E-state index contributed by atoms with van der Waals surface area (Å²) < 4.78 is 1.43. The van der Waals surface area contributed by atoms with Crippen LogP contribution in [0, 0.1) is 6.92 Å². The molecule has 0 saturated carbocycles. The van der Waals surface area contributed by atoms with E-state index in [4.69, 9.17) is 0 Å². The van der Waals surface area contributed by atoms with Crippen molar-refractivity contribution in [3.05, 3.63) is 69.1 Å². The van der Waals surface area contributed by atoms with Crippen molar-refractivity contribution in [2.75, 3.05) is 0 Å². The SMILES string of the molecule is Cc1ccc([C@@]2(C)NC(=O)N(Cc3cc(=O)n4ccsc4n3)C2=O)cc1. The topological polar surface area (TPSA) is 83.8 Å². The van der Waals surface area contributed by atoms with E-state index in [9.17, 15) is 14.4 Å². The van der Waals surface area contributed by atoms with E-state index in [2.05, 4.69) is 10.3 Å². The second kappa shape index (κ2) is 5.77. The molecule has 3 amide bonds. The van der Waals surface area contributed by atoms with Crippen molar-refractivity contribution in [2.45, 2.75) is 25.9 Å². The summed E-state index contributed by atoms with van der Waals surface area (Å²) in [4.78, 5) is 43.5. The van der Waals surface area contributed by atoms with E-state index in [1.807, 2.05) is 31.2 Å². The van der Waals surface area contributed by atoms with E-state index in [1.54, 1.807) is 18.5 Å². The van der Waals surface area contributed by atoms with Crippen molar-refractivity contribution in [3.8, 4) is 0 Å². The maximum atomic E-state index is 13.0. The van der Waals surface area contributed by atoms with Crippen LogP contribution in [-0.2, 0) is 16.9 Å². The van der Waals surface area contributed by atoms with Crippen molar-refractivity contribution < 1.29 is 9.59 Å². The predicted octanol–water partition coefficient (Wildman–Crippen LogP) is 2.03. The molecule has 8 heteroatoms. The summed E-state index contributed by atoms with van der Waals surface area (Å²) in [5.41, 5.74) is 0.798. The number of rotatable bonds is 3. The van der Waals surface area contributed by atoms with Crippen LogP contribution in [0.15, 0.2) is 46.7 Å². The Morgan fingerprint density at radius 1 is 1.19 bits per heavy atom. The first-order valence-corrected chi connectivity index (χ1v) is 8.93. The molecule has 0 bridgehead atoms. The standard InChI is InChI=1S/C18H16N4O3S/c1-11-3-5-12(6-4-11)18(2)15(24)22(16(25)20-18)10-13-9-14(23)21-7-8-26-17(21)19-13/h3-9H,10H2,1-2H3,(H,20,25)/t18-/m1/s1. The molecule has 1 N–H and O–H groups in total. The van der Waals surface area contributed by atoms with Crippen LogP contribution in [0.3, 0.4) is 0 Å². The lowest BCUT2D eigenvalue weighted by Crippen LogP contribution is -2.40. The molecule has 2 aromatic heterocycles. The van der Waals surface area contributed by atoms with Crippen molar-refractivity contribution in [3.63, 3.8) is 0 Å². The first kappa shape index (κ1) is 16.5. The van der Waals surface area contributed by atoms with Crippen LogP contribution in [0.5, 0.6) is 0 Å². The van der Waals surface area contributed by atoms with Gasteiger partial charge in [0.2, 0.25) is 0 Å². The van der Waals surface area contributed by atoms with Crippen LogP contribution in [0.4, 0.5) is 4.79 Å². The van der Waals surface area contributed by atoms with E-state index >= 15 is 0 Å². The van der Waals surface area contributed by atoms with Crippen molar-refractivity contribution in [1.29, 1.82) is 0 Å². The summed E-state index contributed by atoms with van der Waals surface area (Å²) in [7, 11) is 0. The number of carbonyl (C=O) groups is 2. The third-order valence-corrected chi connectivity index (χ3v) is 5.34. The summed E-state index contributed by atoms with van der Waals surface area (Å²) in [6.45, 7) is 3.59. The number of amides is 3. The number of thiazole rings is 1. The Kier molecular flexibility index (Phi) is 3.66. The first-order chi connectivity index (χ1) is 12.4. The molecule has 1 saturated heterocycles. The molecule has 3 aromatic rings. The number of nitrogens with zero attached hydrogens (tertiary/aromatic N) is 3. The Morgan fingerprint density at radius 3 is 2.65 bits per heavy atom. The van der Waals surface area contributed by atoms with Crippen molar-refractivity contribution >= 4 is 28.2 Å². The van der Waals surface area contributed by atoms with Crippen LogP contribution >= 0.6 is 11.3 Å². The monoisotopic (exact) mass is 368 g/mol. The van der Waals surface area contributed by atoms with Gasteiger partial charge >= 0.3 is 6.03 Å². The molecule has 132 valence electrons. The number of aryl methyl sites for hydroxylation is 1. The number of urea groups is 1. The van der Waals surface area contributed by atoms with Gasteiger partial charge in [0.1, 0.15) is 5.54 Å². The van der Waals surface area contributed by atoms with Crippen molar-refractivity contribution in [2.24, 2.45) is 0 Å². The number of hydrogen-bond donors (Lipinski definition) is 1. The maximum absolute atomic E-state index is 13.0. The summed E-state index contributed by atoms with van der Waals surface area (Å²) in [5.74, 6) is -0.362. The molecule has 7 nitrogen and oxygen atoms in total. The molecule has 1 aromatic carbocycles. The Balaban J connectivity index is 1.66. The molecule has 0 unspecified atom stereocenters. The highest BCUT2D eigenvalue weighted by atomic mass is 32.1. The van der Waals surface area contributed by atoms with Gasteiger partial charge in [0.25, 0.3) is 11.5 Å². The van der Waals surface area contributed by atoms with Gasteiger partial charge < -0.3 is 5.32 Å². The molecule has 3 heterocycles. The number of fused-ring (bicyclic) bond motifs is 1. The molecule has 1 fully saturated rings. The minimum atomic E-state index is -1.13. The van der Waals surface area contributed by atoms with Crippen LogP contribution in [0.25, 0.3) is 4.96 Å². The normalized spacial score (nSPS) is 20.0. The summed E-state index contributed by atoms with van der Waals surface area (Å²) in [5, 5.41) is 4.52. The highest BCUT2D eigenvalue weighted by Crippen LogP contribution is 2.29. The molecule has 0 aliphatic carbocycles. The van der Waals surface area contributed by atoms with E-state index in [1.165, 1.54) is 21.8 Å². The Bertz CT molecular complexity index is 1090. The molecule has 4 rings (SSSR count). The minimum Gasteiger partial charge on any atom is -0.319 e. The largest absolute Gasteiger partial charge is 0.325 e. The van der Waals surface area contributed by atoms with Gasteiger partial charge in [-0.15, -0.1) is 11.3 Å². The summed E-state index contributed by atoms with van der Waals surface area (Å²) >= 11 is 1.32. The van der Waals surface area contributed by atoms with Crippen LogP contribution in [0.2, 0.25) is 0 Å². The molecular formula is C18H16N4O3S. The van der Waals surface area contributed by atoms with Gasteiger partial charge in [0.05, 0.1) is 12.2 Å². The third-order valence-electron chi connectivity index (χ3n) is 4.58.